The fraction of sp³-hybridized carbons (Fsp3) is 0.615. The summed E-state index contributed by atoms with van der Waals surface area (Å²) in [4.78, 5) is 9.39. The molecule has 0 spiro atoms. The molecular formula is C13H22N4. The van der Waals surface area contributed by atoms with Crippen LogP contribution >= 0.6 is 0 Å². The Labute approximate surface area is 103 Å². The molecule has 2 rings (SSSR count). The first-order chi connectivity index (χ1) is 8.20. The number of anilines is 1. The average Bonchev–Trinajstić information content (AvgIpc) is 2.50. The van der Waals surface area contributed by atoms with Gasteiger partial charge in [-0.1, -0.05) is 6.07 Å². The van der Waals surface area contributed by atoms with Crippen molar-refractivity contribution in [2.75, 3.05) is 31.6 Å². The van der Waals surface area contributed by atoms with Gasteiger partial charge in [-0.2, -0.15) is 0 Å². The molecule has 1 aromatic rings. The molecule has 1 unspecified atom stereocenters. The molecule has 1 fully saturated rings. The van der Waals surface area contributed by atoms with Gasteiger partial charge in [-0.05, 0) is 39.1 Å². The van der Waals surface area contributed by atoms with Crippen LogP contribution in [-0.4, -0.2) is 42.6 Å². The lowest BCUT2D eigenvalue weighted by Gasteiger charge is -2.29. The second kappa shape index (κ2) is 5.47. The highest BCUT2D eigenvalue weighted by Crippen LogP contribution is 2.18. The van der Waals surface area contributed by atoms with Crippen LogP contribution in [0.4, 0.5) is 5.82 Å². The third-order valence-electron chi connectivity index (χ3n) is 3.34. The van der Waals surface area contributed by atoms with E-state index in [9.17, 15) is 0 Å². The molecule has 0 aliphatic carbocycles. The van der Waals surface area contributed by atoms with Crippen molar-refractivity contribution in [3.8, 4) is 0 Å². The van der Waals surface area contributed by atoms with Crippen molar-refractivity contribution in [1.82, 2.24) is 9.88 Å². The van der Waals surface area contributed by atoms with Gasteiger partial charge in [0.15, 0.2) is 0 Å². The molecule has 2 N–H and O–H groups in total. The number of nitrogens with zero attached hydrogens (tertiary/aromatic N) is 3. The number of pyridine rings is 1. The van der Waals surface area contributed by atoms with Crippen molar-refractivity contribution >= 4 is 5.82 Å². The Morgan fingerprint density at radius 3 is 3.00 bits per heavy atom. The lowest BCUT2D eigenvalue weighted by molar-refractivity contribution is 0.337. The topological polar surface area (TPSA) is 45.4 Å². The zero-order valence-corrected chi connectivity index (χ0v) is 10.8. The zero-order valence-electron chi connectivity index (χ0n) is 10.8. The summed E-state index contributed by atoms with van der Waals surface area (Å²) in [6.07, 6.45) is 1.19. The maximum atomic E-state index is 5.65. The minimum atomic E-state index is 0.503. The van der Waals surface area contributed by atoms with E-state index in [1.807, 2.05) is 12.1 Å². The molecule has 4 nitrogen and oxygen atoms in total. The highest BCUT2D eigenvalue weighted by molar-refractivity contribution is 5.40. The van der Waals surface area contributed by atoms with E-state index in [-0.39, 0.29) is 0 Å². The van der Waals surface area contributed by atoms with E-state index in [0.29, 0.717) is 12.6 Å². The third kappa shape index (κ3) is 2.96. The molecule has 4 heteroatoms. The molecule has 0 aromatic carbocycles. The van der Waals surface area contributed by atoms with Gasteiger partial charge in [0.1, 0.15) is 5.82 Å². The van der Waals surface area contributed by atoms with Crippen LogP contribution in [0.15, 0.2) is 18.2 Å². The minimum Gasteiger partial charge on any atom is -0.353 e. The molecule has 0 radical (unpaired) electrons. The molecule has 1 aliphatic rings. The van der Waals surface area contributed by atoms with E-state index in [1.165, 1.54) is 6.42 Å². The van der Waals surface area contributed by atoms with Gasteiger partial charge < -0.3 is 15.5 Å². The van der Waals surface area contributed by atoms with Gasteiger partial charge in [0.2, 0.25) is 0 Å². The molecule has 1 atom stereocenters. The molecule has 94 valence electrons. The first-order valence-electron chi connectivity index (χ1n) is 6.32. The monoisotopic (exact) mass is 234 g/mol. The van der Waals surface area contributed by atoms with Crippen molar-refractivity contribution < 1.29 is 0 Å². The van der Waals surface area contributed by atoms with Crippen LogP contribution in [0.5, 0.6) is 0 Å². The molecular weight excluding hydrogens is 212 g/mol. The molecule has 1 saturated heterocycles. The van der Waals surface area contributed by atoms with Gasteiger partial charge in [0.25, 0.3) is 0 Å². The summed E-state index contributed by atoms with van der Waals surface area (Å²) in [6.45, 7) is 6.10. The van der Waals surface area contributed by atoms with E-state index in [2.05, 4.69) is 34.8 Å². The van der Waals surface area contributed by atoms with E-state index in [4.69, 9.17) is 5.73 Å². The number of aromatic nitrogens is 1. The van der Waals surface area contributed by atoms with Gasteiger partial charge in [-0.3, -0.25) is 0 Å². The van der Waals surface area contributed by atoms with Crippen LogP contribution in [0.25, 0.3) is 0 Å². The first kappa shape index (κ1) is 12.3. The minimum absolute atomic E-state index is 0.503. The van der Waals surface area contributed by atoms with Crippen molar-refractivity contribution in [3.63, 3.8) is 0 Å². The first-order valence-corrected chi connectivity index (χ1v) is 6.32. The van der Waals surface area contributed by atoms with Gasteiger partial charge in [0.05, 0.1) is 5.69 Å². The maximum absolute atomic E-state index is 5.65. The molecule has 0 saturated carbocycles. The molecule has 2 heterocycles. The number of likely N-dealkylation sites (N-methyl/N-ethyl adjacent to an activating group) is 1. The summed E-state index contributed by atoms with van der Waals surface area (Å²) in [6, 6.07) is 6.62. The van der Waals surface area contributed by atoms with Crippen molar-refractivity contribution in [1.29, 1.82) is 0 Å². The Bertz CT molecular complexity index is 366. The molecule has 0 amide bonds. The maximum Gasteiger partial charge on any atom is 0.129 e. The Morgan fingerprint density at radius 1 is 1.41 bits per heavy atom. The van der Waals surface area contributed by atoms with E-state index < -0.39 is 0 Å². The number of rotatable bonds is 2. The average molecular weight is 234 g/mol. The van der Waals surface area contributed by atoms with E-state index >= 15 is 0 Å². The molecule has 1 aliphatic heterocycles. The predicted octanol–water partition coefficient (Wildman–Crippen LogP) is 1.07. The standard InChI is InChI=1S/C13H22N4/c1-11-10-16(2)7-4-8-17(11)13-6-3-5-12(9-14)15-13/h3,5-6,11H,4,7-10,14H2,1-2H3. The van der Waals surface area contributed by atoms with Crippen LogP contribution in [0.3, 0.4) is 0 Å². The Kier molecular flexibility index (Phi) is 3.97. The number of nitrogens with two attached hydrogens (primary N) is 1. The van der Waals surface area contributed by atoms with Crippen molar-refractivity contribution in [2.45, 2.75) is 25.9 Å². The van der Waals surface area contributed by atoms with E-state index in [0.717, 1.165) is 31.1 Å². The van der Waals surface area contributed by atoms with Gasteiger partial charge in [-0.25, -0.2) is 4.98 Å². The van der Waals surface area contributed by atoms with Crippen LogP contribution in [0, 0.1) is 0 Å². The zero-order chi connectivity index (χ0) is 12.3. The van der Waals surface area contributed by atoms with Gasteiger partial charge in [0, 0.05) is 25.7 Å². The molecule has 1 aromatic heterocycles. The quantitative estimate of drug-likeness (QED) is 0.831. The second-order valence-electron chi connectivity index (χ2n) is 4.85. The van der Waals surface area contributed by atoms with Crippen molar-refractivity contribution in [2.24, 2.45) is 5.73 Å². The normalized spacial score (nSPS) is 22.5. The van der Waals surface area contributed by atoms with Gasteiger partial charge >= 0.3 is 0 Å². The highest BCUT2D eigenvalue weighted by atomic mass is 15.3. The summed E-state index contributed by atoms with van der Waals surface area (Å²) in [5.41, 5.74) is 6.61. The highest BCUT2D eigenvalue weighted by Gasteiger charge is 2.20. The smallest absolute Gasteiger partial charge is 0.129 e. The van der Waals surface area contributed by atoms with Crippen molar-refractivity contribution in [3.05, 3.63) is 23.9 Å². The number of hydrogen-bond acceptors (Lipinski definition) is 4. The van der Waals surface area contributed by atoms with Crippen LogP contribution < -0.4 is 10.6 Å². The largest absolute Gasteiger partial charge is 0.353 e. The van der Waals surface area contributed by atoms with Gasteiger partial charge in [-0.15, -0.1) is 0 Å². The summed E-state index contributed by atoms with van der Waals surface area (Å²) >= 11 is 0. The summed E-state index contributed by atoms with van der Waals surface area (Å²) in [5, 5.41) is 0. The lowest BCUT2D eigenvalue weighted by atomic mass is 10.2. The lowest BCUT2D eigenvalue weighted by Crippen LogP contribution is -2.38. The number of hydrogen-bond donors (Lipinski definition) is 1. The Balaban J connectivity index is 2.19. The summed E-state index contributed by atoms with van der Waals surface area (Å²) in [5.74, 6) is 1.07. The second-order valence-corrected chi connectivity index (χ2v) is 4.85. The third-order valence-corrected chi connectivity index (χ3v) is 3.34. The molecule has 17 heavy (non-hydrogen) atoms. The Morgan fingerprint density at radius 2 is 2.24 bits per heavy atom. The SMILES string of the molecule is CC1CN(C)CCCN1c1cccc(CN)n1. The van der Waals surface area contributed by atoms with Crippen LogP contribution in [-0.2, 0) is 6.54 Å². The Hall–Kier alpha value is -1.13. The fourth-order valence-electron chi connectivity index (χ4n) is 2.45. The fourth-order valence-corrected chi connectivity index (χ4v) is 2.45. The van der Waals surface area contributed by atoms with Crippen LogP contribution in [0.2, 0.25) is 0 Å². The van der Waals surface area contributed by atoms with E-state index in [1.54, 1.807) is 0 Å². The summed E-state index contributed by atoms with van der Waals surface area (Å²) in [7, 11) is 2.18. The summed E-state index contributed by atoms with van der Waals surface area (Å²) < 4.78 is 0. The molecule has 0 bridgehead atoms. The van der Waals surface area contributed by atoms with Crippen LogP contribution in [0.1, 0.15) is 19.0 Å². The predicted molar refractivity (Wildman–Crippen MR) is 71.1 cm³/mol.